The minimum Gasteiger partial charge on any atom is -0.494 e. The fraction of sp³-hybridized carbons (Fsp3) is 0.481. The Morgan fingerprint density at radius 1 is 0.976 bits per heavy atom. The molecule has 0 aliphatic carbocycles. The number of hydrogen-bond acceptors (Lipinski definition) is 10. The number of carbonyl (C=O) groups excluding carboxylic acids is 2. The van der Waals surface area contributed by atoms with Crippen LogP contribution in [0.1, 0.15) is 32.4 Å². The van der Waals surface area contributed by atoms with Gasteiger partial charge in [-0.3, -0.25) is 4.90 Å². The van der Waals surface area contributed by atoms with Crippen molar-refractivity contribution in [3.8, 4) is 11.5 Å². The lowest BCUT2D eigenvalue weighted by atomic mass is 10.0. The van der Waals surface area contributed by atoms with Gasteiger partial charge in [-0.1, -0.05) is 46.4 Å². The van der Waals surface area contributed by atoms with Crippen molar-refractivity contribution in [2.24, 2.45) is 0 Å². The van der Waals surface area contributed by atoms with Gasteiger partial charge in [0.2, 0.25) is 0 Å². The van der Waals surface area contributed by atoms with E-state index in [0.717, 1.165) is 0 Å². The van der Waals surface area contributed by atoms with Crippen molar-refractivity contribution in [1.29, 1.82) is 0 Å². The molecule has 2 aromatic rings. The number of halogens is 4. The first-order chi connectivity index (χ1) is 19.6. The maximum atomic E-state index is 13.0. The summed E-state index contributed by atoms with van der Waals surface area (Å²) < 4.78 is 27.4. The number of aliphatic hydroxyl groups excluding tert-OH is 1. The largest absolute Gasteiger partial charge is 0.494 e. The molecule has 0 spiro atoms. The highest BCUT2D eigenvalue weighted by Gasteiger charge is 2.31. The number of aliphatic hydroxyl groups is 1. The quantitative estimate of drug-likeness (QED) is 0.308. The number of carbonyl (C=O) groups is 2. The predicted molar refractivity (Wildman–Crippen MR) is 156 cm³/mol. The van der Waals surface area contributed by atoms with Gasteiger partial charge in [-0.05, 0) is 25.2 Å². The van der Waals surface area contributed by atoms with E-state index in [1.165, 1.54) is 26.4 Å². The van der Waals surface area contributed by atoms with Crippen LogP contribution in [0.3, 0.4) is 0 Å². The summed E-state index contributed by atoms with van der Waals surface area (Å²) in [6, 6.07) is 4.64. The molecule has 41 heavy (non-hydrogen) atoms. The van der Waals surface area contributed by atoms with Crippen LogP contribution in [0.15, 0.2) is 18.2 Å². The summed E-state index contributed by atoms with van der Waals surface area (Å²) in [5, 5.41) is 9.74. The summed E-state index contributed by atoms with van der Waals surface area (Å²) in [5.41, 5.74) is 0.558. The lowest BCUT2D eigenvalue weighted by Crippen LogP contribution is -2.40. The predicted octanol–water partition coefficient (Wildman–Crippen LogP) is 4.63. The van der Waals surface area contributed by atoms with Crippen molar-refractivity contribution >= 4 is 58.3 Å². The van der Waals surface area contributed by atoms with Crippen LogP contribution in [-0.4, -0.2) is 107 Å². The van der Waals surface area contributed by atoms with Crippen molar-refractivity contribution in [3.05, 3.63) is 55.0 Å². The molecule has 1 saturated heterocycles. The van der Waals surface area contributed by atoms with E-state index >= 15 is 0 Å². The molecule has 1 aliphatic heterocycles. The summed E-state index contributed by atoms with van der Waals surface area (Å²) in [4.78, 5) is 29.6. The minimum absolute atomic E-state index is 0.00322. The highest BCUT2D eigenvalue weighted by Crippen LogP contribution is 2.41. The van der Waals surface area contributed by atoms with Crippen LogP contribution in [0.25, 0.3) is 0 Å². The Bertz CT molecular complexity index is 1230. The van der Waals surface area contributed by atoms with E-state index in [9.17, 15) is 9.59 Å². The smallest absolute Gasteiger partial charge is 0.343 e. The van der Waals surface area contributed by atoms with Gasteiger partial charge in [0.15, 0.2) is 11.5 Å². The van der Waals surface area contributed by atoms with Gasteiger partial charge in [-0.15, -0.1) is 0 Å². The first-order valence-corrected chi connectivity index (χ1v) is 14.2. The van der Waals surface area contributed by atoms with Crippen LogP contribution >= 0.6 is 46.4 Å². The molecule has 1 heterocycles. The zero-order valence-electron chi connectivity index (χ0n) is 22.9. The lowest BCUT2D eigenvalue weighted by molar-refractivity contribution is -0.0355. The van der Waals surface area contributed by atoms with E-state index in [4.69, 9.17) is 75.2 Å². The summed E-state index contributed by atoms with van der Waals surface area (Å²) in [7, 11) is 4.57. The molecule has 1 N–H and O–H groups in total. The van der Waals surface area contributed by atoms with Gasteiger partial charge < -0.3 is 33.7 Å². The second kappa shape index (κ2) is 16.0. The third-order valence-corrected chi connectivity index (χ3v) is 7.70. The number of nitrogens with zero attached hydrogens (tertiary/aromatic N) is 2. The molecule has 0 radical (unpaired) electrons. The number of rotatable bonds is 13. The van der Waals surface area contributed by atoms with Gasteiger partial charge in [0.05, 0.1) is 53.6 Å². The number of ether oxygens (including phenoxy) is 5. The van der Waals surface area contributed by atoms with E-state index < -0.39 is 18.0 Å². The highest BCUT2D eigenvalue weighted by atomic mass is 35.5. The second-order valence-electron chi connectivity index (χ2n) is 9.07. The molecule has 1 atom stereocenters. The van der Waals surface area contributed by atoms with Gasteiger partial charge in [0.25, 0.3) is 0 Å². The topological polar surface area (TPSA) is 107 Å². The van der Waals surface area contributed by atoms with Gasteiger partial charge in [0, 0.05) is 38.3 Å². The van der Waals surface area contributed by atoms with Gasteiger partial charge in [0.1, 0.15) is 24.3 Å². The fourth-order valence-corrected chi connectivity index (χ4v) is 5.34. The van der Waals surface area contributed by atoms with Gasteiger partial charge in [-0.2, -0.15) is 0 Å². The molecule has 0 aromatic heterocycles. The number of morpholine rings is 1. The van der Waals surface area contributed by atoms with E-state index in [2.05, 4.69) is 0 Å². The Morgan fingerprint density at radius 3 is 2.29 bits per heavy atom. The van der Waals surface area contributed by atoms with Crippen LogP contribution in [0, 0.1) is 0 Å². The minimum atomic E-state index is -0.692. The third-order valence-electron chi connectivity index (χ3n) is 6.40. The standard InChI is InChI=1S/C27H32Cl4N2O8/c1-32(6-10-34)7-11-40-27(36)22-23(31)16(14-19(30)25(22)38-3)20-15-33(8-12-39-20)9-13-41-26(35)21-17(28)4-5-18(29)24(21)37-2/h4-5,14,20,34H,6-13,15H2,1-3H3. The van der Waals surface area contributed by atoms with Crippen LogP contribution in [0.4, 0.5) is 0 Å². The van der Waals surface area contributed by atoms with Crippen LogP contribution in [-0.2, 0) is 14.2 Å². The number of methoxy groups -OCH3 is 2. The molecule has 14 heteroatoms. The molecule has 1 unspecified atom stereocenters. The Hall–Kier alpha value is -2.02. The fourth-order valence-electron chi connectivity index (χ4n) is 4.25. The zero-order valence-corrected chi connectivity index (χ0v) is 25.9. The molecule has 2 aromatic carbocycles. The average molecular weight is 654 g/mol. The molecular weight excluding hydrogens is 622 g/mol. The maximum absolute atomic E-state index is 13.0. The first-order valence-electron chi connectivity index (χ1n) is 12.7. The number of hydrogen-bond donors (Lipinski definition) is 1. The number of likely N-dealkylation sites (N-methyl/N-ethyl adjacent to an activating group) is 1. The molecule has 10 nitrogen and oxygen atoms in total. The molecule has 1 aliphatic rings. The van der Waals surface area contributed by atoms with E-state index in [-0.39, 0.29) is 62.5 Å². The third kappa shape index (κ3) is 8.52. The molecular formula is C27H32Cl4N2O8. The molecule has 0 amide bonds. The molecule has 0 bridgehead atoms. The Labute approximate surface area is 258 Å². The first kappa shape index (κ1) is 33.5. The summed E-state index contributed by atoms with van der Waals surface area (Å²) in [6.45, 7) is 2.73. The van der Waals surface area contributed by atoms with E-state index in [1.54, 1.807) is 13.1 Å². The van der Waals surface area contributed by atoms with Gasteiger partial charge in [-0.25, -0.2) is 9.59 Å². The Morgan fingerprint density at radius 2 is 1.61 bits per heavy atom. The van der Waals surface area contributed by atoms with Crippen molar-refractivity contribution in [3.63, 3.8) is 0 Å². The number of benzene rings is 2. The normalized spacial score (nSPS) is 15.6. The van der Waals surface area contributed by atoms with Crippen molar-refractivity contribution in [2.75, 3.05) is 80.4 Å². The Kier molecular flexibility index (Phi) is 13.1. The SMILES string of the molecule is COc1c(Cl)ccc(Cl)c1C(=O)OCCN1CCOC(c2cc(Cl)c(OC)c(C(=O)OCCN(C)CCO)c2Cl)C1. The maximum Gasteiger partial charge on any atom is 0.343 e. The van der Waals surface area contributed by atoms with Crippen molar-refractivity contribution in [2.45, 2.75) is 6.10 Å². The zero-order chi connectivity index (χ0) is 30.1. The molecule has 0 saturated carbocycles. The Balaban J connectivity index is 1.68. The molecule has 1 fully saturated rings. The number of esters is 2. The van der Waals surface area contributed by atoms with Crippen molar-refractivity contribution in [1.82, 2.24) is 9.80 Å². The highest BCUT2D eigenvalue weighted by molar-refractivity contribution is 6.38. The molecule has 3 rings (SSSR count). The van der Waals surface area contributed by atoms with E-state index in [1.807, 2.05) is 9.80 Å². The van der Waals surface area contributed by atoms with Gasteiger partial charge >= 0.3 is 11.9 Å². The summed E-state index contributed by atoms with van der Waals surface area (Å²) >= 11 is 25.5. The van der Waals surface area contributed by atoms with Crippen LogP contribution in [0.5, 0.6) is 11.5 Å². The van der Waals surface area contributed by atoms with Crippen molar-refractivity contribution < 1.29 is 38.4 Å². The summed E-state index contributed by atoms with van der Waals surface area (Å²) in [5.74, 6) is -1.10. The average Bonchev–Trinajstić information content (AvgIpc) is 2.94. The van der Waals surface area contributed by atoms with Crippen LogP contribution < -0.4 is 9.47 Å². The van der Waals surface area contributed by atoms with Crippen LogP contribution in [0.2, 0.25) is 20.1 Å². The summed E-state index contributed by atoms with van der Waals surface area (Å²) in [6.07, 6.45) is -0.528. The second-order valence-corrected chi connectivity index (χ2v) is 10.7. The van der Waals surface area contributed by atoms with E-state index in [0.29, 0.717) is 44.9 Å². The molecule has 226 valence electrons. The monoisotopic (exact) mass is 652 g/mol. The lowest BCUT2D eigenvalue weighted by Gasteiger charge is -2.33.